The summed E-state index contributed by atoms with van der Waals surface area (Å²) in [6, 6.07) is 4.95. The number of benzene rings is 1. The average Bonchev–Trinajstić information content (AvgIpc) is 2.94. The van der Waals surface area contributed by atoms with Crippen LogP contribution >= 0.6 is 34.5 Å². The molecule has 0 radical (unpaired) electrons. The van der Waals surface area contributed by atoms with Crippen LogP contribution in [0.15, 0.2) is 35.5 Å². The van der Waals surface area contributed by atoms with E-state index in [0.29, 0.717) is 20.3 Å². The minimum atomic E-state index is -3.73. The van der Waals surface area contributed by atoms with E-state index in [4.69, 9.17) is 23.2 Å². The molecule has 0 aliphatic carbocycles. The van der Waals surface area contributed by atoms with Gasteiger partial charge in [0.15, 0.2) is 5.13 Å². The molecule has 2 N–H and O–H groups in total. The van der Waals surface area contributed by atoms with Crippen molar-refractivity contribution >= 4 is 60.6 Å². The number of aromatic nitrogens is 2. The van der Waals surface area contributed by atoms with Gasteiger partial charge in [0.2, 0.25) is 0 Å². The zero-order valence-corrected chi connectivity index (χ0v) is 12.9. The van der Waals surface area contributed by atoms with Gasteiger partial charge >= 0.3 is 0 Å². The molecule has 5 nitrogen and oxygen atoms in total. The van der Waals surface area contributed by atoms with Crippen LogP contribution in [0.25, 0.3) is 10.9 Å². The quantitative estimate of drug-likeness (QED) is 0.757. The van der Waals surface area contributed by atoms with Gasteiger partial charge in [0.1, 0.15) is 9.23 Å². The van der Waals surface area contributed by atoms with Gasteiger partial charge in [-0.05, 0) is 18.2 Å². The summed E-state index contributed by atoms with van der Waals surface area (Å²) in [5, 5.41) is 1.31. The third-order valence-corrected chi connectivity index (χ3v) is 5.37. The minimum absolute atomic E-state index is 0.135. The standard InChI is InChI=1S/C11H7Cl2N3O2S2/c12-6-1-2-7-8(3-6)14-4-9(7)20(17,18)16-11-15-5-10(13)19-11/h1-5,14H,(H,15,16). The normalized spacial score (nSPS) is 11.9. The zero-order chi connectivity index (χ0) is 14.3. The number of rotatable bonds is 3. The van der Waals surface area contributed by atoms with Crippen LogP contribution in [0.5, 0.6) is 0 Å². The van der Waals surface area contributed by atoms with Gasteiger partial charge in [-0.3, -0.25) is 4.72 Å². The Bertz CT molecular complexity index is 886. The van der Waals surface area contributed by atoms with Crippen LogP contribution < -0.4 is 4.72 Å². The first kappa shape index (κ1) is 13.7. The Kier molecular flexibility index (Phi) is 3.37. The Labute approximate surface area is 128 Å². The van der Waals surface area contributed by atoms with Crippen molar-refractivity contribution in [3.63, 3.8) is 0 Å². The molecule has 0 aliphatic heterocycles. The Hall–Kier alpha value is -1.28. The highest BCUT2D eigenvalue weighted by molar-refractivity contribution is 7.93. The maximum absolute atomic E-state index is 12.3. The number of hydrogen-bond donors (Lipinski definition) is 2. The summed E-state index contributed by atoms with van der Waals surface area (Å²) in [5.74, 6) is 0. The van der Waals surface area contributed by atoms with Gasteiger partial charge in [-0.1, -0.05) is 34.5 Å². The Balaban J connectivity index is 2.05. The van der Waals surface area contributed by atoms with E-state index in [1.807, 2.05) is 0 Å². The molecule has 104 valence electrons. The van der Waals surface area contributed by atoms with Gasteiger partial charge in [-0.15, -0.1) is 0 Å². The highest BCUT2D eigenvalue weighted by Gasteiger charge is 2.20. The number of nitrogens with zero attached hydrogens (tertiary/aromatic N) is 1. The predicted molar refractivity (Wildman–Crippen MR) is 81.2 cm³/mol. The lowest BCUT2D eigenvalue weighted by atomic mass is 10.2. The van der Waals surface area contributed by atoms with Gasteiger partial charge < -0.3 is 4.98 Å². The van der Waals surface area contributed by atoms with E-state index >= 15 is 0 Å². The maximum Gasteiger partial charge on any atom is 0.265 e. The van der Waals surface area contributed by atoms with Crippen LogP contribution in [-0.2, 0) is 10.0 Å². The molecule has 0 fully saturated rings. The van der Waals surface area contributed by atoms with Crippen LogP contribution in [0.2, 0.25) is 9.36 Å². The number of hydrogen-bond acceptors (Lipinski definition) is 4. The number of aromatic amines is 1. The lowest BCUT2D eigenvalue weighted by molar-refractivity contribution is 0.602. The Morgan fingerprint density at radius 1 is 1.30 bits per heavy atom. The van der Waals surface area contributed by atoms with Crippen molar-refractivity contribution in [2.24, 2.45) is 0 Å². The monoisotopic (exact) mass is 347 g/mol. The first-order valence-electron chi connectivity index (χ1n) is 5.36. The number of thiazole rings is 1. The molecule has 3 rings (SSSR count). The molecule has 1 aromatic carbocycles. The number of sulfonamides is 1. The SMILES string of the molecule is O=S(=O)(Nc1ncc(Cl)s1)c1c[nH]c2cc(Cl)ccc12. The summed E-state index contributed by atoms with van der Waals surface area (Å²) in [7, 11) is -3.73. The van der Waals surface area contributed by atoms with E-state index in [2.05, 4.69) is 14.7 Å². The van der Waals surface area contributed by atoms with Crippen LogP contribution in [0.1, 0.15) is 0 Å². The third-order valence-electron chi connectivity index (χ3n) is 2.59. The first-order chi connectivity index (χ1) is 9.45. The molecule has 0 saturated carbocycles. The molecule has 0 amide bonds. The van der Waals surface area contributed by atoms with Gasteiger partial charge in [-0.25, -0.2) is 13.4 Å². The molecule has 0 aliphatic rings. The molecule has 0 atom stereocenters. The fourth-order valence-electron chi connectivity index (χ4n) is 1.77. The van der Waals surface area contributed by atoms with Gasteiger partial charge in [0.05, 0.1) is 6.20 Å². The van der Waals surface area contributed by atoms with E-state index in [-0.39, 0.29) is 10.0 Å². The van der Waals surface area contributed by atoms with Crippen molar-refractivity contribution in [3.8, 4) is 0 Å². The van der Waals surface area contributed by atoms with Crippen molar-refractivity contribution in [2.45, 2.75) is 4.90 Å². The topological polar surface area (TPSA) is 74.8 Å². The largest absolute Gasteiger partial charge is 0.360 e. The number of anilines is 1. The second kappa shape index (κ2) is 4.92. The minimum Gasteiger partial charge on any atom is -0.360 e. The molecule has 0 spiro atoms. The van der Waals surface area contributed by atoms with Gasteiger partial charge in [0.25, 0.3) is 10.0 Å². The van der Waals surface area contributed by atoms with Crippen LogP contribution in [0, 0.1) is 0 Å². The highest BCUT2D eigenvalue weighted by Crippen LogP contribution is 2.29. The second-order valence-electron chi connectivity index (χ2n) is 3.92. The summed E-state index contributed by atoms with van der Waals surface area (Å²) in [5.41, 5.74) is 0.648. The lowest BCUT2D eigenvalue weighted by Gasteiger charge is -2.03. The van der Waals surface area contributed by atoms with Crippen LogP contribution in [-0.4, -0.2) is 18.4 Å². The second-order valence-corrected chi connectivity index (χ2v) is 7.67. The molecule has 0 saturated heterocycles. The van der Waals surface area contributed by atoms with E-state index in [0.717, 1.165) is 11.3 Å². The fraction of sp³-hybridized carbons (Fsp3) is 0. The summed E-state index contributed by atoms with van der Waals surface area (Å²) in [6.07, 6.45) is 2.80. The van der Waals surface area contributed by atoms with E-state index < -0.39 is 10.0 Å². The molecule has 9 heteroatoms. The molecular weight excluding hydrogens is 341 g/mol. The maximum atomic E-state index is 12.3. The molecule has 2 heterocycles. The van der Waals surface area contributed by atoms with Crippen molar-refractivity contribution < 1.29 is 8.42 Å². The van der Waals surface area contributed by atoms with E-state index in [1.165, 1.54) is 12.4 Å². The predicted octanol–water partition coefficient (Wildman–Crippen LogP) is 3.73. The fourth-order valence-corrected chi connectivity index (χ4v) is 4.17. The molecule has 3 aromatic rings. The van der Waals surface area contributed by atoms with Crippen molar-refractivity contribution in [1.82, 2.24) is 9.97 Å². The van der Waals surface area contributed by atoms with Gasteiger partial charge in [-0.2, -0.15) is 0 Å². The Morgan fingerprint density at radius 2 is 2.10 bits per heavy atom. The van der Waals surface area contributed by atoms with Crippen LogP contribution in [0.4, 0.5) is 5.13 Å². The zero-order valence-electron chi connectivity index (χ0n) is 9.72. The van der Waals surface area contributed by atoms with Crippen LogP contribution in [0.3, 0.4) is 0 Å². The number of H-pyrrole nitrogens is 1. The molecular formula is C11H7Cl2N3O2S2. The number of fused-ring (bicyclic) bond motifs is 1. The first-order valence-corrected chi connectivity index (χ1v) is 8.42. The smallest absolute Gasteiger partial charge is 0.265 e. The van der Waals surface area contributed by atoms with E-state index in [9.17, 15) is 8.42 Å². The summed E-state index contributed by atoms with van der Waals surface area (Å²) >= 11 is 12.6. The molecule has 0 bridgehead atoms. The number of halogens is 2. The third kappa shape index (κ3) is 2.49. The van der Waals surface area contributed by atoms with Crippen molar-refractivity contribution in [1.29, 1.82) is 0 Å². The molecule has 0 unspecified atom stereocenters. The lowest BCUT2D eigenvalue weighted by Crippen LogP contribution is -2.12. The van der Waals surface area contributed by atoms with Crippen molar-refractivity contribution in [2.75, 3.05) is 4.72 Å². The Morgan fingerprint density at radius 3 is 2.80 bits per heavy atom. The highest BCUT2D eigenvalue weighted by atomic mass is 35.5. The summed E-state index contributed by atoms with van der Waals surface area (Å²) < 4.78 is 27.5. The average molecular weight is 348 g/mol. The van der Waals surface area contributed by atoms with Crippen molar-refractivity contribution in [3.05, 3.63) is 40.0 Å². The van der Waals surface area contributed by atoms with E-state index in [1.54, 1.807) is 18.2 Å². The van der Waals surface area contributed by atoms with Gasteiger partial charge in [0, 0.05) is 22.1 Å². The molecule has 20 heavy (non-hydrogen) atoms. The number of nitrogens with one attached hydrogen (secondary N) is 2. The summed E-state index contributed by atoms with van der Waals surface area (Å²) in [4.78, 5) is 6.88. The molecule has 2 aromatic heterocycles. The summed E-state index contributed by atoms with van der Waals surface area (Å²) in [6.45, 7) is 0.